The summed E-state index contributed by atoms with van der Waals surface area (Å²) in [5, 5.41) is 1.63. The van der Waals surface area contributed by atoms with Crippen molar-refractivity contribution in [3.8, 4) is 5.75 Å². The summed E-state index contributed by atoms with van der Waals surface area (Å²) in [6.07, 6.45) is 2.43. The molecule has 0 radical (unpaired) electrons. The van der Waals surface area contributed by atoms with Crippen LogP contribution in [0.1, 0.15) is 40.2 Å². The van der Waals surface area contributed by atoms with E-state index in [1.54, 1.807) is 30.5 Å². The Morgan fingerprint density at radius 3 is 2.47 bits per heavy atom. The molecular weight excluding hydrogens is 452 g/mol. The number of aromatic nitrogens is 1. The molecule has 1 saturated heterocycles. The maximum Gasteiger partial charge on any atom is 0.338 e. The first kappa shape index (κ1) is 23.5. The first-order chi connectivity index (χ1) is 16.5. The molecular formula is C26H24N2O5S. The topological polar surface area (TPSA) is 94.6 Å². The van der Waals surface area contributed by atoms with E-state index in [1.807, 2.05) is 49.4 Å². The minimum absolute atomic E-state index is 0.238. The third-order valence-electron chi connectivity index (χ3n) is 5.35. The molecule has 0 saturated carbocycles. The van der Waals surface area contributed by atoms with Crippen LogP contribution in [-0.4, -0.2) is 34.0 Å². The zero-order valence-corrected chi connectivity index (χ0v) is 19.4. The van der Waals surface area contributed by atoms with E-state index < -0.39 is 6.10 Å². The molecule has 2 atom stereocenters. The van der Waals surface area contributed by atoms with E-state index in [1.165, 1.54) is 0 Å². The van der Waals surface area contributed by atoms with Gasteiger partial charge in [0.15, 0.2) is 0 Å². The van der Waals surface area contributed by atoms with E-state index >= 15 is 0 Å². The molecule has 4 rings (SSSR count). The molecule has 0 aliphatic carbocycles. The molecule has 2 aromatic carbocycles. The van der Waals surface area contributed by atoms with Gasteiger partial charge in [-0.15, -0.1) is 0 Å². The molecule has 0 bridgehead atoms. The lowest BCUT2D eigenvalue weighted by atomic mass is 10.1. The molecule has 2 heterocycles. The second-order valence-electron chi connectivity index (χ2n) is 7.83. The number of esters is 1. The van der Waals surface area contributed by atoms with Crippen molar-refractivity contribution < 1.29 is 23.9 Å². The highest BCUT2D eigenvalue weighted by atomic mass is 32.2. The SMILES string of the molecule is CC(OC(=O)c1ccccc1)c1ccc(CCOc2ccc(CC3SC(=O)NC3=O)cc2)nc1. The Balaban J connectivity index is 1.22. The van der Waals surface area contributed by atoms with Crippen molar-refractivity contribution in [2.24, 2.45) is 0 Å². The Labute approximate surface area is 201 Å². The molecule has 3 aromatic rings. The van der Waals surface area contributed by atoms with Gasteiger partial charge in [-0.05, 0) is 49.2 Å². The van der Waals surface area contributed by atoms with E-state index in [0.717, 1.165) is 34.3 Å². The Morgan fingerprint density at radius 2 is 1.82 bits per heavy atom. The Kier molecular flexibility index (Phi) is 7.59. The summed E-state index contributed by atoms with van der Waals surface area (Å²) in [5.41, 5.74) is 3.17. The lowest BCUT2D eigenvalue weighted by Crippen LogP contribution is -2.25. The minimum Gasteiger partial charge on any atom is -0.493 e. The number of ether oxygens (including phenoxy) is 2. The number of hydrogen-bond donors (Lipinski definition) is 1. The number of amides is 2. The molecule has 1 fully saturated rings. The van der Waals surface area contributed by atoms with E-state index in [0.29, 0.717) is 25.0 Å². The van der Waals surface area contributed by atoms with Crippen LogP contribution in [0.3, 0.4) is 0 Å². The van der Waals surface area contributed by atoms with Crippen LogP contribution < -0.4 is 10.1 Å². The number of benzene rings is 2. The first-order valence-electron chi connectivity index (χ1n) is 10.9. The fourth-order valence-electron chi connectivity index (χ4n) is 3.43. The molecule has 1 aliphatic heterocycles. The summed E-state index contributed by atoms with van der Waals surface area (Å²) in [6, 6.07) is 20.2. The fraction of sp³-hybridized carbons (Fsp3) is 0.231. The largest absolute Gasteiger partial charge is 0.493 e. The zero-order chi connectivity index (χ0) is 23.9. The third-order valence-corrected chi connectivity index (χ3v) is 6.33. The van der Waals surface area contributed by atoms with Crippen LogP contribution in [0.2, 0.25) is 0 Å². The van der Waals surface area contributed by atoms with Gasteiger partial charge in [-0.2, -0.15) is 0 Å². The maximum atomic E-state index is 12.2. The minimum atomic E-state index is -0.407. The maximum absolute atomic E-state index is 12.2. The van der Waals surface area contributed by atoms with Crippen LogP contribution in [0, 0.1) is 0 Å². The van der Waals surface area contributed by atoms with Gasteiger partial charge in [0.2, 0.25) is 5.91 Å². The highest BCUT2D eigenvalue weighted by Gasteiger charge is 2.31. The molecule has 7 nitrogen and oxygen atoms in total. The summed E-state index contributed by atoms with van der Waals surface area (Å²) in [7, 11) is 0. The predicted molar refractivity (Wildman–Crippen MR) is 129 cm³/mol. The summed E-state index contributed by atoms with van der Waals surface area (Å²) in [6.45, 7) is 2.28. The molecule has 8 heteroatoms. The normalized spacial score (nSPS) is 16.1. The van der Waals surface area contributed by atoms with Gasteiger partial charge in [-0.3, -0.25) is 19.9 Å². The van der Waals surface area contributed by atoms with Crippen LogP contribution in [0.15, 0.2) is 72.9 Å². The Bertz CT molecular complexity index is 1150. The number of hydrogen-bond acceptors (Lipinski definition) is 7. The smallest absolute Gasteiger partial charge is 0.338 e. The molecule has 0 spiro atoms. The van der Waals surface area contributed by atoms with Crippen molar-refractivity contribution in [2.45, 2.75) is 31.1 Å². The standard InChI is InChI=1S/C26H24N2O5S/c1-17(33-25(30)19-5-3-2-4-6-19)20-9-10-21(27-16-20)13-14-32-22-11-7-18(8-12-22)15-23-24(29)28-26(31)34-23/h2-12,16-17,23H,13-15H2,1H3,(H,28,29,31). The molecule has 1 N–H and O–H groups in total. The Morgan fingerprint density at radius 1 is 1.06 bits per heavy atom. The van der Waals surface area contributed by atoms with Crippen LogP contribution in [0.25, 0.3) is 0 Å². The van der Waals surface area contributed by atoms with Gasteiger partial charge in [0.05, 0.1) is 17.4 Å². The monoisotopic (exact) mass is 476 g/mol. The molecule has 34 heavy (non-hydrogen) atoms. The lowest BCUT2D eigenvalue weighted by molar-refractivity contribution is -0.118. The summed E-state index contributed by atoms with van der Waals surface area (Å²) in [4.78, 5) is 39.6. The molecule has 2 unspecified atom stereocenters. The van der Waals surface area contributed by atoms with Gasteiger partial charge in [-0.1, -0.05) is 48.2 Å². The van der Waals surface area contributed by atoms with Crippen molar-refractivity contribution in [3.05, 3.63) is 95.3 Å². The predicted octanol–water partition coefficient (Wildman–Crippen LogP) is 4.52. The van der Waals surface area contributed by atoms with Crippen LogP contribution in [0.5, 0.6) is 5.75 Å². The second-order valence-corrected chi connectivity index (χ2v) is 9.00. The number of pyridine rings is 1. The van der Waals surface area contributed by atoms with E-state index in [9.17, 15) is 14.4 Å². The summed E-state index contributed by atoms with van der Waals surface area (Å²) < 4.78 is 11.3. The summed E-state index contributed by atoms with van der Waals surface area (Å²) >= 11 is 1.03. The number of nitrogens with zero attached hydrogens (tertiary/aromatic N) is 1. The molecule has 174 valence electrons. The third kappa shape index (κ3) is 6.23. The van der Waals surface area contributed by atoms with Crippen molar-refractivity contribution in [2.75, 3.05) is 6.61 Å². The van der Waals surface area contributed by atoms with Gasteiger partial charge in [0, 0.05) is 23.9 Å². The van der Waals surface area contributed by atoms with Crippen LogP contribution in [-0.2, 0) is 22.4 Å². The molecule has 2 amide bonds. The molecule has 1 aromatic heterocycles. The van der Waals surface area contributed by atoms with Gasteiger partial charge < -0.3 is 9.47 Å². The van der Waals surface area contributed by atoms with Crippen LogP contribution >= 0.6 is 11.8 Å². The van der Waals surface area contributed by atoms with Gasteiger partial charge in [0.25, 0.3) is 5.24 Å². The van der Waals surface area contributed by atoms with Gasteiger partial charge >= 0.3 is 5.97 Å². The number of nitrogens with one attached hydrogen (secondary N) is 1. The highest BCUT2D eigenvalue weighted by molar-refractivity contribution is 8.15. The van der Waals surface area contributed by atoms with Gasteiger partial charge in [0.1, 0.15) is 11.9 Å². The van der Waals surface area contributed by atoms with E-state index in [4.69, 9.17) is 9.47 Å². The van der Waals surface area contributed by atoms with Crippen LogP contribution in [0.4, 0.5) is 4.79 Å². The lowest BCUT2D eigenvalue weighted by Gasteiger charge is -2.14. The van der Waals surface area contributed by atoms with Gasteiger partial charge in [-0.25, -0.2) is 4.79 Å². The first-order valence-corrected chi connectivity index (χ1v) is 11.8. The second kappa shape index (κ2) is 11.0. The van der Waals surface area contributed by atoms with Crippen molar-refractivity contribution in [1.29, 1.82) is 0 Å². The van der Waals surface area contributed by atoms with E-state index in [2.05, 4.69) is 10.3 Å². The zero-order valence-electron chi connectivity index (χ0n) is 18.6. The number of rotatable bonds is 9. The fourth-order valence-corrected chi connectivity index (χ4v) is 4.29. The highest BCUT2D eigenvalue weighted by Crippen LogP contribution is 2.24. The molecule has 1 aliphatic rings. The van der Waals surface area contributed by atoms with Crippen molar-refractivity contribution in [3.63, 3.8) is 0 Å². The number of carbonyl (C=O) groups excluding carboxylic acids is 3. The number of thioether (sulfide) groups is 1. The Hall–Kier alpha value is -3.65. The average molecular weight is 477 g/mol. The van der Waals surface area contributed by atoms with E-state index in [-0.39, 0.29) is 22.4 Å². The summed E-state index contributed by atoms with van der Waals surface area (Å²) in [5.74, 6) is 0.120. The van der Waals surface area contributed by atoms with Crippen molar-refractivity contribution in [1.82, 2.24) is 10.3 Å². The average Bonchev–Trinajstić information content (AvgIpc) is 3.17. The number of imide groups is 1. The quantitative estimate of drug-likeness (QED) is 0.454. The number of carbonyl (C=O) groups is 3. The van der Waals surface area contributed by atoms with Crippen molar-refractivity contribution >= 4 is 28.9 Å².